The van der Waals surface area contributed by atoms with E-state index in [1.54, 1.807) is 0 Å². The molecule has 0 aliphatic carbocycles. The monoisotopic (exact) mass is 269 g/mol. The van der Waals surface area contributed by atoms with Crippen LogP contribution in [-0.2, 0) is 6.54 Å². The van der Waals surface area contributed by atoms with E-state index in [1.807, 2.05) is 0 Å². The van der Waals surface area contributed by atoms with E-state index in [-0.39, 0.29) is 12.0 Å². The summed E-state index contributed by atoms with van der Waals surface area (Å²) < 4.78 is 26.2. The molecule has 4 heteroatoms. The van der Waals surface area contributed by atoms with Gasteiger partial charge in [0.25, 0.3) is 0 Å². The zero-order valence-electron chi connectivity index (χ0n) is 11.3. The zero-order chi connectivity index (χ0) is 13.9. The number of hydrogen-bond acceptors (Lipinski definition) is 2. The number of halogens is 2. The summed E-state index contributed by atoms with van der Waals surface area (Å²) in [6, 6.07) is 3.67. The van der Waals surface area contributed by atoms with E-state index in [0.29, 0.717) is 12.1 Å². The summed E-state index contributed by atoms with van der Waals surface area (Å²) in [6.45, 7) is 4.64. The van der Waals surface area contributed by atoms with Crippen LogP contribution in [0.25, 0.3) is 0 Å². The molecular weight excluding hydrogens is 248 g/mol. The van der Waals surface area contributed by atoms with Crippen molar-refractivity contribution in [3.8, 4) is 0 Å². The largest absolute Gasteiger partial charge is 0.396 e. The molecule has 1 aromatic rings. The van der Waals surface area contributed by atoms with Crippen LogP contribution in [-0.4, -0.2) is 29.7 Å². The van der Waals surface area contributed by atoms with Gasteiger partial charge in [0.2, 0.25) is 0 Å². The van der Waals surface area contributed by atoms with E-state index in [2.05, 4.69) is 11.8 Å². The van der Waals surface area contributed by atoms with E-state index in [1.165, 1.54) is 12.1 Å². The molecule has 0 spiro atoms. The van der Waals surface area contributed by atoms with Crippen LogP contribution < -0.4 is 0 Å². The van der Waals surface area contributed by atoms with Gasteiger partial charge in [0, 0.05) is 19.2 Å². The molecule has 1 aromatic carbocycles. The number of aliphatic hydroxyl groups excluding tert-OH is 1. The molecule has 0 radical (unpaired) electrons. The maximum atomic E-state index is 13.1. The van der Waals surface area contributed by atoms with Gasteiger partial charge in [-0.2, -0.15) is 0 Å². The first-order valence-electron chi connectivity index (χ1n) is 6.85. The molecule has 1 fully saturated rings. The molecule has 1 saturated heterocycles. The topological polar surface area (TPSA) is 23.5 Å². The molecule has 1 aliphatic heterocycles. The minimum atomic E-state index is -0.523. The molecule has 2 nitrogen and oxygen atoms in total. The Hall–Kier alpha value is -1.00. The van der Waals surface area contributed by atoms with E-state index in [0.717, 1.165) is 38.4 Å². The Morgan fingerprint density at radius 2 is 1.74 bits per heavy atom. The molecule has 106 valence electrons. The van der Waals surface area contributed by atoms with E-state index < -0.39 is 11.6 Å². The molecular formula is C15H21F2NO. The van der Waals surface area contributed by atoms with Gasteiger partial charge in [0.05, 0.1) is 0 Å². The van der Waals surface area contributed by atoms with Crippen molar-refractivity contribution in [1.82, 2.24) is 4.90 Å². The number of likely N-dealkylation sites (tertiary alicyclic amines) is 1. The molecule has 0 aromatic heterocycles. The van der Waals surface area contributed by atoms with Crippen LogP contribution in [0, 0.1) is 17.0 Å². The fourth-order valence-corrected chi connectivity index (χ4v) is 2.77. The minimum absolute atomic E-state index is 0.0453. The van der Waals surface area contributed by atoms with Crippen molar-refractivity contribution in [2.45, 2.75) is 32.7 Å². The van der Waals surface area contributed by atoms with Gasteiger partial charge in [-0.25, -0.2) is 8.78 Å². The number of rotatable bonds is 4. The lowest BCUT2D eigenvalue weighted by atomic mass is 9.77. The SMILES string of the molecule is CCC1(CO)CCN(Cc2cc(F)cc(F)c2)CC1. The Kier molecular flexibility index (Phi) is 4.53. The third-order valence-electron chi connectivity index (χ3n) is 4.33. The Morgan fingerprint density at radius 3 is 2.21 bits per heavy atom. The average molecular weight is 269 g/mol. The van der Waals surface area contributed by atoms with E-state index >= 15 is 0 Å². The smallest absolute Gasteiger partial charge is 0.126 e. The Labute approximate surface area is 113 Å². The molecule has 0 atom stereocenters. The van der Waals surface area contributed by atoms with Gasteiger partial charge >= 0.3 is 0 Å². The Balaban J connectivity index is 1.95. The van der Waals surface area contributed by atoms with Crippen molar-refractivity contribution >= 4 is 0 Å². The summed E-state index contributed by atoms with van der Waals surface area (Å²) in [5.74, 6) is -1.05. The van der Waals surface area contributed by atoms with Crippen LogP contribution in [0.3, 0.4) is 0 Å². The third-order valence-corrected chi connectivity index (χ3v) is 4.33. The number of piperidine rings is 1. The van der Waals surface area contributed by atoms with Crippen LogP contribution in [0.4, 0.5) is 8.78 Å². The molecule has 0 saturated carbocycles. The second-order valence-corrected chi connectivity index (χ2v) is 5.57. The third kappa shape index (κ3) is 3.51. The lowest BCUT2D eigenvalue weighted by Crippen LogP contribution is -2.41. The number of benzene rings is 1. The first kappa shape index (κ1) is 14.4. The first-order valence-corrected chi connectivity index (χ1v) is 6.85. The predicted molar refractivity (Wildman–Crippen MR) is 70.7 cm³/mol. The second kappa shape index (κ2) is 5.97. The summed E-state index contributed by atoms with van der Waals surface area (Å²) in [4.78, 5) is 2.19. The van der Waals surface area contributed by atoms with Crippen LogP contribution in [0.15, 0.2) is 18.2 Å². The van der Waals surface area contributed by atoms with Crippen LogP contribution in [0.2, 0.25) is 0 Å². The van der Waals surface area contributed by atoms with Crippen LogP contribution in [0.1, 0.15) is 31.7 Å². The van der Waals surface area contributed by atoms with Crippen molar-refractivity contribution in [1.29, 1.82) is 0 Å². The highest BCUT2D eigenvalue weighted by Gasteiger charge is 2.32. The summed E-state index contributed by atoms with van der Waals surface area (Å²) >= 11 is 0. The maximum absolute atomic E-state index is 13.1. The highest BCUT2D eigenvalue weighted by atomic mass is 19.1. The number of aliphatic hydroxyl groups is 1. The summed E-state index contributed by atoms with van der Waals surface area (Å²) in [7, 11) is 0. The highest BCUT2D eigenvalue weighted by Crippen LogP contribution is 2.34. The molecule has 1 aliphatic rings. The number of hydrogen-bond donors (Lipinski definition) is 1. The first-order chi connectivity index (χ1) is 9.07. The number of nitrogens with zero attached hydrogens (tertiary/aromatic N) is 1. The molecule has 1 heterocycles. The summed E-state index contributed by atoms with van der Waals surface area (Å²) in [5, 5.41) is 9.47. The molecule has 0 amide bonds. The minimum Gasteiger partial charge on any atom is -0.396 e. The van der Waals surface area contributed by atoms with E-state index in [9.17, 15) is 13.9 Å². The fraction of sp³-hybridized carbons (Fsp3) is 0.600. The second-order valence-electron chi connectivity index (χ2n) is 5.57. The van der Waals surface area contributed by atoms with Crippen molar-refractivity contribution in [3.05, 3.63) is 35.4 Å². The summed E-state index contributed by atoms with van der Waals surface area (Å²) in [5.41, 5.74) is 0.717. The van der Waals surface area contributed by atoms with Gasteiger partial charge in [-0.3, -0.25) is 4.90 Å². The quantitative estimate of drug-likeness (QED) is 0.908. The van der Waals surface area contributed by atoms with Crippen LogP contribution in [0.5, 0.6) is 0 Å². The van der Waals surface area contributed by atoms with Gasteiger partial charge in [-0.05, 0) is 55.5 Å². The van der Waals surface area contributed by atoms with Crippen molar-refractivity contribution < 1.29 is 13.9 Å². The standard InChI is InChI=1S/C15H21F2NO/c1-2-15(11-19)3-5-18(6-4-15)10-12-7-13(16)9-14(17)8-12/h7-9,19H,2-6,10-11H2,1H3. The molecule has 2 rings (SSSR count). The van der Waals surface area contributed by atoms with Crippen molar-refractivity contribution in [3.63, 3.8) is 0 Å². The van der Waals surface area contributed by atoms with Crippen LogP contribution >= 0.6 is 0 Å². The molecule has 0 bridgehead atoms. The predicted octanol–water partition coefficient (Wildman–Crippen LogP) is 2.95. The lowest BCUT2D eigenvalue weighted by molar-refractivity contribution is 0.0382. The molecule has 1 N–H and O–H groups in total. The maximum Gasteiger partial charge on any atom is 0.126 e. The summed E-state index contributed by atoms with van der Waals surface area (Å²) in [6.07, 6.45) is 2.86. The average Bonchev–Trinajstić information content (AvgIpc) is 2.39. The van der Waals surface area contributed by atoms with Crippen molar-refractivity contribution in [2.75, 3.05) is 19.7 Å². The highest BCUT2D eigenvalue weighted by molar-refractivity contribution is 5.17. The Morgan fingerprint density at radius 1 is 1.16 bits per heavy atom. The van der Waals surface area contributed by atoms with Gasteiger partial charge in [0.15, 0.2) is 0 Å². The van der Waals surface area contributed by atoms with E-state index in [4.69, 9.17) is 0 Å². The van der Waals surface area contributed by atoms with Gasteiger partial charge in [-0.15, -0.1) is 0 Å². The fourth-order valence-electron chi connectivity index (χ4n) is 2.77. The zero-order valence-corrected chi connectivity index (χ0v) is 11.3. The molecule has 19 heavy (non-hydrogen) atoms. The van der Waals surface area contributed by atoms with Gasteiger partial charge < -0.3 is 5.11 Å². The van der Waals surface area contributed by atoms with Gasteiger partial charge in [0.1, 0.15) is 11.6 Å². The van der Waals surface area contributed by atoms with Crippen molar-refractivity contribution in [2.24, 2.45) is 5.41 Å². The molecule has 0 unspecified atom stereocenters. The normalized spacial score (nSPS) is 19.6. The lowest BCUT2D eigenvalue weighted by Gasteiger charge is -2.40. The Bertz CT molecular complexity index is 402. The van der Waals surface area contributed by atoms with Gasteiger partial charge in [-0.1, -0.05) is 6.92 Å².